The molecule has 1 N–H and O–H groups in total. The number of nitrogens with one attached hydrogen (secondary N) is 1. The summed E-state index contributed by atoms with van der Waals surface area (Å²) in [5.41, 5.74) is 2.40. The molecule has 0 atom stereocenters. The van der Waals surface area contributed by atoms with Gasteiger partial charge in [0.05, 0.1) is 7.11 Å². The fraction of sp³-hybridized carbons (Fsp3) is 0.500. The van der Waals surface area contributed by atoms with Gasteiger partial charge in [0.1, 0.15) is 5.75 Å². The Morgan fingerprint density at radius 1 is 1.44 bits per heavy atom. The molecule has 0 spiro atoms. The molecular formula is C14H20ClNO2. The maximum Gasteiger partial charge on any atom is 0.221 e. The molecule has 3 nitrogen and oxygen atoms in total. The van der Waals surface area contributed by atoms with Gasteiger partial charge in [0.15, 0.2) is 0 Å². The van der Waals surface area contributed by atoms with E-state index in [1.807, 2.05) is 12.1 Å². The molecule has 1 aromatic carbocycles. The van der Waals surface area contributed by atoms with Gasteiger partial charge in [-0.15, -0.1) is 11.6 Å². The van der Waals surface area contributed by atoms with Crippen LogP contribution in [0.4, 0.5) is 0 Å². The molecule has 0 saturated carbocycles. The van der Waals surface area contributed by atoms with Crippen LogP contribution in [0.25, 0.3) is 0 Å². The number of carbonyl (C=O) groups excluding carboxylic acids is 1. The first kappa shape index (κ1) is 14.8. The first-order valence-electron chi connectivity index (χ1n) is 6.19. The summed E-state index contributed by atoms with van der Waals surface area (Å²) in [6, 6.07) is 6.15. The highest BCUT2D eigenvalue weighted by molar-refractivity contribution is 6.18. The lowest BCUT2D eigenvalue weighted by atomic mass is 10.1. The van der Waals surface area contributed by atoms with Crippen LogP contribution >= 0.6 is 11.6 Å². The fourth-order valence-corrected chi connectivity index (χ4v) is 1.96. The number of benzene rings is 1. The van der Waals surface area contributed by atoms with Gasteiger partial charge in [-0.05, 0) is 30.0 Å². The molecule has 0 aliphatic heterocycles. The third-order valence-corrected chi connectivity index (χ3v) is 2.97. The van der Waals surface area contributed by atoms with Gasteiger partial charge in [0.2, 0.25) is 5.91 Å². The molecule has 0 radical (unpaired) electrons. The van der Waals surface area contributed by atoms with Crippen LogP contribution in [-0.4, -0.2) is 25.4 Å². The van der Waals surface area contributed by atoms with Crippen LogP contribution < -0.4 is 10.1 Å². The molecule has 0 bridgehead atoms. The van der Waals surface area contributed by atoms with Gasteiger partial charge in [-0.1, -0.05) is 19.1 Å². The normalized spacial score (nSPS) is 10.2. The smallest absolute Gasteiger partial charge is 0.221 e. The highest BCUT2D eigenvalue weighted by Gasteiger charge is 2.03. The Kier molecular flexibility index (Phi) is 6.58. The number of alkyl halides is 1. The maximum atomic E-state index is 11.2. The van der Waals surface area contributed by atoms with Crippen LogP contribution in [0, 0.1) is 0 Å². The van der Waals surface area contributed by atoms with E-state index in [9.17, 15) is 4.79 Å². The lowest BCUT2D eigenvalue weighted by molar-refractivity contribution is -0.120. The summed E-state index contributed by atoms with van der Waals surface area (Å²) in [6.07, 6.45) is 2.14. The minimum atomic E-state index is 0.00854. The first-order chi connectivity index (χ1) is 8.71. The lowest BCUT2D eigenvalue weighted by Gasteiger charge is -2.09. The monoisotopic (exact) mass is 269 g/mol. The predicted molar refractivity (Wildman–Crippen MR) is 74.4 cm³/mol. The summed E-state index contributed by atoms with van der Waals surface area (Å²) in [4.78, 5) is 11.2. The fourth-order valence-electron chi connectivity index (χ4n) is 1.78. The van der Waals surface area contributed by atoms with E-state index in [-0.39, 0.29) is 5.91 Å². The topological polar surface area (TPSA) is 38.3 Å². The van der Waals surface area contributed by atoms with E-state index in [4.69, 9.17) is 16.3 Å². The maximum absolute atomic E-state index is 11.2. The first-order valence-corrected chi connectivity index (χ1v) is 6.73. The van der Waals surface area contributed by atoms with Crippen molar-refractivity contribution < 1.29 is 9.53 Å². The number of methoxy groups -OCH3 is 1. The zero-order valence-electron chi connectivity index (χ0n) is 11.0. The average Bonchev–Trinajstić information content (AvgIpc) is 2.38. The molecule has 0 aliphatic carbocycles. The van der Waals surface area contributed by atoms with E-state index in [1.165, 1.54) is 11.1 Å². The van der Waals surface area contributed by atoms with Gasteiger partial charge < -0.3 is 10.1 Å². The molecule has 1 amide bonds. The average molecular weight is 270 g/mol. The Hall–Kier alpha value is -1.22. The van der Waals surface area contributed by atoms with Crippen molar-refractivity contribution in [1.29, 1.82) is 0 Å². The molecular weight excluding hydrogens is 250 g/mol. The number of rotatable bonds is 7. The second kappa shape index (κ2) is 7.98. The molecule has 0 saturated heterocycles. The van der Waals surface area contributed by atoms with E-state index in [1.54, 1.807) is 7.11 Å². The Morgan fingerprint density at radius 2 is 2.22 bits per heavy atom. The number of aryl methyl sites for hydroxylation is 1. The quantitative estimate of drug-likeness (QED) is 0.773. The SMILES string of the molecule is CCc1cc(CCNC(=O)CCCl)ccc1OC. The number of ether oxygens (including phenoxy) is 1. The molecule has 1 rings (SSSR count). The van der Waals surface area contributed by atoms with Gasteiger partial charge in [0.25, 0.3) is 0 Å². The van der Waals surface area contributed by atoms with E-state index in [0.29, 0.717) is 18.8 Å². The highest BCUT2D eigenvalue weighted by atomic mass is 35.5. The summed E-state index contributed by atoms with van der Waals surface area (Å²) in [5, 5.41) is 2.84. The summed E-state index contributed by atoms with van der Waals surface area (Å²) in [6.45, 7) is 2.75. The number of carbonyl (C=O) groups is 1. The van der Waals surface area contributed by atoms with Crippen LogP contribution in [0.3, 0.4) is 0 Å². The molecule has 0 unspecified atom stereocenters. The summed E-state index contributed by atoms with van der Waals surface area (Å²) < 4.78 is 5.28. The lowest BCUT2D eigenvalue weighted by Crippen LogP contribution is -2.25. The largest absolute Gasteiger partial charge is 0.496 e. The third kappa shape index (κ3) is 4.57. The van der Waals surface area contributed by atoms with E-state index in [2.05, 4.69) is 18.3 Å². The van der Waals surface area contributed by atoms with Crippen LogP contribution in [-0.2, 0) is 17.6 Å². The van der Waals surface area contributed by atoms with Crippen molar-refractivity contribution in [2.75, 3.05) is 19.5 Å². The number of hydrogen-bond acceptors (Lipinski definition) is 2. The van der Waals surface area contributed by atoms with Gasteiger partial charge >= 0.3 is 0 Å². The third-order valence-electron chi connectivity index (χ3n) is 2.78. The molecule has 4 heteroatoms. The van der Waals surface area contributed by atoms with Crippen molar-refractivity contribution in [3.8, 4) is 5.75 Å². The van der Waals surface area contributed by atoms with Crippen LogP contribution in [0.5, 0.6) is 5.75 Å². The predicted octanol–water partition coefficient (Wildman–Crippen LogP) is 2.55. The number of hydrogen-bond donors (Lipinski definition) is 1. The van der Waals surface area contributed by atoms with Gasteiger partial charge in [0, 0.05) is 18.8 Å². The molecule has 0 fully saturated rings. The van der Waals surface area contributed by atoms with E-state index >= 15 is 0 Å². The summed E-state index contributed by atoms with van der Waals surface area (Å²) in [5.74, 6) is 1.30. The zero-order chi connectivity index (χ0) is 13.4. The van der Waals surface area contributed by atoms with Crippen molar-refractivity contribution >= 4 is 17.5 Å². The van der Waals surface area contributed by atoms with Crippen molar-refractivity contribution in [2.24, 2.45) is 0 Å². The standard InChI is InChI=1S/C14H20ClNO2/c1-3-12-10-11(4-5-13(12)18-2)7-9-16-14(17)6-8-15/h4-5,10H,3,6-9H2,1-2H3,(H,16,17). The van der Waals surface area contributed by atoms with Crippen LogP contribution in [0.15, 0.2) is 18.2 Å². The highest BCUT2D eigenvalue weighted by Crippen LogP contribution is 2.20. The van der Waals surface area contributed by atoms with E-state index < -0.39 is 0 Å². The molecule has 0 heterocycles. The molecule has 0 aromatic heterocycles. The van der Waals surface area contributed by atoms with E-state index in [0.717, 1.165) is 18.6 Å². The van der Waals surface area contributed by atoms with Crippen molar-refractivity contribution in [1.82, 2.24) is 5.32 Å². The van der Waals surface area contributed by atoms with Gasteiger partial charge in [-0.3, -0.25) is 4.79 Å². The molecule has 1 aromatic rings. The second-order valence-corrected chi connectivity index (χ2v) is 4.42. The van der Waals surface area contributed by atoms with Gasteiger partial charge in [-0.2, -0.15) is 0 Å². The van der Waals surface area contributed by atoms with Crippen LogP contribution in [0.2, 0.25) is 0 Å². The van der Waals surface area contributed by atoms with Crippen molar-refractivity contribution in [3.63, 3.8) is 0 Å². The van der Waals surface area contributed by atoms with Gasteiger partial charge in [-0.25, -0.2) is 0 Å². The van der Waals surface area contributed by atoms with Crippen molar-refractivity contribution in [2.45, 2.75) is 26.2 Å². The van der Waals surface area contributed by atoms with Crippen molar-refractivity contribution in [3.05, 3.63) is 29.3 Å². The van der Waals surface area contributed by atoms with Crippen LogP contribution in [0.1, 0.15) is 24.5 Å². The number of amides is 1. The minimum absolute atomic E-state index is 0.00854. The Labute approximate surface area is 113 Å². The molecule has 100 valence electrons. The summed E-state index contributed by atoms with van der Waals surface area (Å²) in [7, 11) is 1.68. The number of halogens is 1. The molecule has 18 heavy (non-hydrogen) atoms. The Balaban J connectivity index is 2.50. The minimum Gasteiger partial charge on any atom is -0.496 e. The Morgan fingerprint density at radius 3 is 2.83 bits per heavy atom. The molecule has 0 aliphatic rings. The zero-order valence-corrected chi connectivity index (χ0v) is 11.7. The Bertz CT molecular complexity index is 393. The second-order valence-electron chi connectivity index (χ2n) is 4.04. The summed E-state index contributed by atoms with van der Waals surface area (Å²) >= 11 is 5.49.